The Kier molecular flexibility index (Phi) is 16.9. The zero-order valence-corrected chi connectivity index (χ0v) is 44.1. The summed E-state index contributed by atoms with van der Waals surface area (Å²) in [4.78, 5) is 77.8. The van der Waals surface area contributed by atoms with Crippen molar-refractivity contribution in [3.8, 4) is 28.1 Å². The van der Waals surface area contributed by atoms with Gasteiger partial charge in [0.1, 0.15) is 28.9 Å². The Balaban J connectivity index is 1.25. The first kappa shape index (κ1) is 53.2. The van der Waals surface area contributed by atoms with Crippen LogP contribution in [0.3, 0.4) is 0 Å². The van der Waals surface area contributed by atoms with E-state index in [0.29, 0.717) is 42.8 Å². The SMILES string of the molecule is C/C=C(\C)C/C=C/C(=O)Nc1cnc(C(=O)N(C)[C@H](C(=O)N[C@H]2Cc3cc(O)cc(c3)-c3ccc4c(c3)c(c(-c3ccccc3CN(C)C)n4CC)CC(C)(C)COC(=O)[C@@H]3CCCN(N3)C2=O)C(C)C)s1. The van der Waals surface area contributed by atoms with Crippen LogP contribution in [-0.4, -0.2) is 111 Å². The van der Waals surface area contributed by atoms with Crippen LogP contribution in [0.1, 0.15) is 94.2 Å². The predicted molar refractivity (Wildman–Crippen MR) is 284 cm³/mol. The van der Waals surface area contributed by atoms with E-state index in [4.69, 9.17) is 4.74 Å². The van der Waals surface area contributed by atoms with Crippen LogP contribution >= 0.6 is 11.3 Å². The van der Waals surface area contributed by atoms with Gasteiger partial charge in [-0.25, -0.2) is 10.4 Å². The monoisotopic (exact) mass is 999 g/mol. The molecule has 3 atom stereocenters. The molecule has 4 N–H and O–H groups in total. The summed E-state index contributed by atoms with van der Waals surface area (Å²) >= 11 is 0.993. The minimum Gasteiger partial charge on any atom is -0.508 e. The first-order chi connectivity index (χ1) is 34.3. The predicted octanol–water partition coefficient (Wildman–Crippen LogP) is 8.52. The summed E-state index contributed by atoms with van der Waals surface area (Å²) in [5, 5.41) is 20.0. The summed E-state index contributed by atoms with van der Waals surface area (Å²) in [7, 11) is 5.64. The third-order valence-corrected chi connectivity index (χ3v) is 14.3. The molecule has 4 heterocycles. The molecule has 0 spiro atoms. The number of hydrazine groups is 1. The number of esters is 1. The molecule has 16 heteroatoms. The van der Waals surface area contributed by atoms with E-state index in [2.05, 4.69) is 102 Å². The maximum atomic E-state index is 14.8. The highest BCUT2D eigenvalue weighted by atomic mass is 32.1. The van der Waals surface area contributed by atoms with Crippen molar-refractivity contribution in [2.75, 3.05) is 39.6 Å². The topological polar surface area (TPSA) is 178 Å². The molecule has 2 aliphatic heterocycles. The number of hydrogen-bond acceptors (Lipinski definition) is 11. The summed E-state index contributed by atoms with van der Waals surface area (Å²) in [6.45, 7) is 15.7. The van der Waals surface area contributed by atoms with Crippen molar-refractivity contribution in [2.45, 2.75) is 112 Å². The molecule has 3 aromatic carbocycles. The fourth-order valence-corrected chi connectivity index (χ4v) is 10.6. The molecule has 1 saturated heterocycles. The fourth-order valence-electron chi connectivity index (χ4n) is 9.77. The van der Waals surface area contributed by atoms with Crippen LogP contribution in [0, 0.1) is 11.3 Å². The van der Waals surface area contributed by atoms with Crippen molar-refractivity contribution in [3.63, 3.8) is 0 Å². The van der Waals surface area contributed by atoms with Crippen LogP contribution < -0.4 is 16.1 Å². The normalized spacial score (nSPS) is 18.1. The third kappa shape index (κ3) is 12.3. The lowest BCUT2D eigenvalue weighted by Crippen LogP contribution is -2.62. The molecule has 15 nitrogen and oxygen atoms in total. The van der Waals surface area contributed by atoms with Crippen LogP contribution in [0.2, 0.25) is 0 Å². The first-order valence-corrected chi connectivity index (χ1v) is 25.7. The quantitative estimate of drug-likeness (QED) is 0.0508. The van der Waals surface area contributed by atoms with Crippen LogP contribution in [-0.2, 0) is 49.8 Å². The van der Waals surface area contributed by atoms with E-state index in [1.54, 1.807) is 18.2 Å². The number of carbonyl (C=O) groups excluding carboxylic acids is 5. The Bertz CT molecular complexity index is 2900. The van der Waals surface area contributed by atoms with Gasteiger partial charge in [-0.05, 0) is 125 Å². The molecule has 5 aromatic rings. The molecule has 0 radical (unpaired) electrons. The zero-order chi connectivity index (χ0) is 52.0. The average molecular weight is 999 g/mol. The number of nitrogens with one attached hydrogen (secondary N) is 3. The minimum absolute atomic E-state index is 0.0108. The maximum absolute atomic E-state index is 14.8. The van der Waals surface area contributed by atoms with Crippen LogP contribution in [0.25, 0.3) is 33.3 Å². The number of carbonyl (C=O) groups is 5. The summed E-state index contributed by atoms with van der Waals surface area (Å²) < 4.78 is 8.50. The number of benzene rings is 3. The van der Waals surface area contributed by atoms with Crippen LogP contribution in [0.5, 0.6) is 5.75 Å². The van der Waals surface area contributed by atoms with Gasteiger partial charge in [0.25, 0.3) is 11.8 Å². The summed E-state index contributed by atoms with van der Waals surface area (Å²) in [5.74, 6) is -2.87. The second-order valence-electron chi connectivity index (χ2n) is 20.5. The lowest BCUT2D eigenvalue weighted by Gasteiger charge is -2.36. The Morgan fingerprint density at radius 1 is 1.06 bits per heavy atom. The number of aryl methyl sites for hydroxylation is 1. The van der Waals surface area contributed by atoms with E-state index >= 15 is 0 Å². The van der Waals surface area contributed by atoms with Gasteiger partial charge in [-0.1, -0.05) is 93.2 Å². The van der Waals surface area contributed by atoms with Crippen molar-refractivity contribution in [2.24, 2.45) is 11.3 Å². The number of rotatable bonds is 13. The second-order valence-corrected chi connectivity index (χ2v) is 21.5. The number of likely N-dealkylation sites (N-methyl/N-ethyl adjacent to an activating group) is 1. The van der Waals surface area contributed by atoms with Crippen molar-refractivity contribution < 1.29 is 33.8 Å². The Hall–Kier alpha value is -6.62. The molecule has 7 rings (SSSR count). The molecule has 0 saturated carbocycles. The second kappa shape index (κ2) is 22.9. The number of nitrogens with zero attached hydrogens (tertiary/aromatic N) is 5. The highest BCUT2D eigenvalue weighted by Crippen LogP contribution is 2.42. The average Bonchev–Trinajstić information content (AvgIpc) is 3.93. The molecule has 0 aliphatic carbocycles. The lowest BCUT2D eigenvalue weighted by atomic mass is 9.84. The number of hydrogen-bond donors (Lipinski definition) is 4. The molecular formula is C56H70N8O7S. The number of aromatic hydroxyl groups is 1. The minimum atomic E-state index is -1.19. The largest absolute Gasteiger partial charge is 0.508 e. The van der Waals surface area contributed by atoms with Gasteiger partial charge in [0, 0.05) is 55.0 Å². The van der Waals surface area contributed by atoms with Crippen molar-refractivity contribution in [3.05, 3.63) is 112 Å². The van der Waals surface area contributed by atoms with E-state index in [0.717, 1.165) is 62.3 Å². The lowest BCUT2D eigenvalue weighted by molar-refractivity contribution is -0.155. The molecule has 2 aromatic heterocycles. The van der Waals surface area contributed by atoms with E-state index in [9.17, 15) is 29.1 Å². The van der Waals surface area contributed by atoms with E-state index < -0.39 is 53.1 Å². The van der Waals surface area contributed by atoms with Crippen molar-refractivity contribution >= 4 is 56.8 Å². The summed E-state index contributed by atoms with van der Waals surface area (Å²) in [6.07, 6.45) is 8.69. The van der Waals surface area contributed by atoms with Gasteiger partial charge in [-0.3, -0.25) is 29.0 Å². The number of amides is 4. The van der Waals surface area contributed by atoms with Gasteiger partial charge < -0.3 is 34.8 Å². The van der Waals surface area contributed by atoms with Crippen LogP contribution in [0.4, 0.5) is 5.00 Å². The highest BCUT2D eigenvalue weighted by Gasteiger charge is 2.38. The number of aromatic nitrogens is 2. The molecule has 0 unspecified atom stereocenters. The Morgan fingerprint density at radius 2 is 1.82 bits per heavy atom. The van der Waals surface area contributed by atoms with Gasteiger partial charge >= 0.3 is 5.97 Å². The molecule has 6 bridgehead atoms. The van der Waals surface area contributed by atoms with Crippen molar-refractivity contribution in [1.29, 1.82) is 0 Å². The fraction of sp³-hybridized carbons (Fsp3) is 0.429. The van der Waals surface area contributed by atoms with Gasteiger partial charge in [-0.15, -0.1) is 0 Å². The van der Waals surface area contributed by atoms with Gasteiger partial charge in [0.05, 0.1) is 18.5 Å². The number of cyclic esters (lactones) is 1. The number of fused-ring (bicyclic) bond motifs is 6. The number of anilines is 1. The number of allylic oxidation sites excluding steroid dienone is 3. The highest BCUT2D eigenvalue weighted by molar-refractivity contribution is 7.17. The number of phenolic OH excluding ortho intramolecular Hbond substituents is 1. The summed E-state index contributed by atoms with van der Waals surface area (Å²) in [5.41, 5.74) is 11.5. The maximum Gasteiger partial charge on any atom is 0.324 e. The molecule has 382 valence electrons. The van der Waals surface area contributed by atoms with Gasteiger partial charge in [0.15, 0.2) is 5.01 Å². The smallest absolute Gasteiger partial charge is 0.324 e. The van der Waals surface area contributed by atoms with E-state index in [-0.39, 0.29) is 36.2 Å². The standard InChI is InChI=1S/C56H70N8O7S/c1-11-35(5)17-15-21-47(66)59-48-31-57-52(72-48)54(69)62(10)49(34(3)4)51(67)58-45-27-36-25-39(28-40(65)26-36)37-22-23-46-42(29-37)43(50(63(46)12-2)41-19-14-13-18-38(41)32-61(8)9)30-56(6,7)33-71-55(70)44-20-16-24-64(60-44)53(45)68/h11,13-15,18-19,21-23,25-26,28-29,31,34,44-45,49,60,65H,12,16-17,20,24,27,30,32-33H2,1-10H3,(H,58,67)(H,59,66)/b21-15+,35-11+/t44-,45-,49-/m0/s1. The Morgan fingerprint density at radius 3 is 2.54 bits per heavy atom. The van der Waals surface area contributed by atoms with Gasteiger partial charge in [-0.2, -0.15) is 0 Å². The molecular weight excluding hydrogens is 929 g/mol. The van der Waals surface area contributed by atoms with Crippen LogP contribution in [0.15, 0.2) is 90.7 Å². The number of phenols is 1. The number of thiazole rings is 1. The zero-order valence-electron chi connectivity index (χ0n) is 43.3. The molecule has 4 amide bonds. The molecule has 2 aliphatic rings. The van der Waals surface area contributed by atoms with Gasteiger partial charge in [0.2, 0.25) is 11.8 Å². The third-order valence-electron chi connectivity index (χ3n) is 13.4. The number of ether oxygens (including phenoxy) is 1. The molecule has 1 fully saturated rings. The Labute approximate surface area is 427 Å². The van der Waals surface area contributed by atoms with Crippen molar-refractivity contribution in [1.82, 2.24) is 35.1 Å². The molecule has 72 heavy (non-hydrogen) atoms. The van der Waals surface area contributed by atoms with E-state index in [1.165, 1.54) is 34.8 Å². The van der Waals surface area contributed by atoms with E-state index in [1.807, 2.05) is 45.9 Å². The first-order valence-electron chi connectivity index (χ1n) is 24.9. The summed E-state index contributed by atoms with van der Waals surface area (Å²) in [6, 6.07) is 17.0.